The Morgan fingerprint density at radius 3 is 2.59 bits per heavy atom. The Kier molecular flexibility index (Phi) is 3.57. The first-order valence-corrected chi connectivity index (χ1v) is 7.22. The lowest BCUT2D eigenvalue weighted by Crippen LogP contribution is -2.60. The van der Waals surface area contributed by atoms with Gasteiger partial charge in [0.2, 0.25) is 5.82 Å². The minimum absolute atomic E-state index is 0.129. The van der Waals surface area contributed by atoms with E-state index < -0.39 is 10.5 Å². The molecule has 1 aromatic heterocycles. The third-order valence-corrected chi connectivity index (χ3v) is 4.03. The maximum absolute atomic E-state index is 12.9. The molecule has 1 saturated heterocycles. The van der Waals surface area contributed by atoms with Crippen LogP contribution in [-0.4, -0.2) is 28.1 Å². The summed E-state index contributed by atoms with van der Waals surface area (Å²) in [5, 5.41) is 21.6. The molecule has 0 radical (unpaired) electrons. The minimum atomic E-state index is -1.16. The molecule has 0 bridgehead atoms. The fraction of sp³-hybridized carbons (Fsp3) is 0.214. The van der Waals surface area contributed by atoms with Gasteiger partial charge in [0.05, 0.1) is 18.0 Å². The molecule has 6 nitrogen and oxygen atoms in total. The summed E-state index contributed by atoms with van der Waals surface area (Å²) in [6.45, 7) is 0.322. The van der Waals surface area contributed by atoms with Crippen molar-refractivity contribution >= 4 is 27.4 Å². The van der Waals surface area contributed by atoms with Crippen molar-refractivity contribution in [3.63, 3.8) is 0 Å². The second kappa shape index (κ2) is 5.29. The number of hydrogen-bond acceptors (Lipinski definition) is 5. The quantitative estimate of drug-likeness (QED) is 0.666. The number of aromatic nitrogens is 1. The second-order valence-corrected chi connectivity index (χ2v) is 6.06. The van der Waals surface area contributed by atoms with E-state index in [4.69, 9.17) is 0 Å². The van der Waals surface area contributed by atoms with Gasteiger partial charge in [-0.25, -0.2) is 9.37 Å². The summed E-state index contributed by atoms with van der Waals surface area (Å²) in [4.78, 5) is 16.3. The van der Waals surface area contributed by atoms with Crippen LogP contribution >= 0.6 is 15.9 Å². The van der Waals surface area contributed by atoms with E-state index in [0.717, 1.165) is 0 Å². The maximum atomic E-state index is 12.9. The van der Waals surface area contributed by atoms with Gasteiger partial charge in [-0.1, -0.05) is 12.1 Å². The van der Waals surface area contributed by atoms with Gasteiger partial charge in [-0.3, -0.25) is 10.1 Å². The predicted octanol–water partition coefficient (Wildman–Crippen LogP) is 2.60. The summed E-state index contributed by atoms with van der Waals surface area (Å²) in [6.07, 6.45) is 1.47. The topological polar surface area (TPSA) is 79.5 Å². The van der Waals surface area contributed by atoms with Crippen LogP contribution in [0, 0.1) is 15.9 Å². The second-order valence-electron chi connectivity index (χ2n) is 5.15. The first kappa shape index (κ1) is 14.9. The highest BCUT2D eigenvalue weighted by Crippen LogP contribution is 2.38. The lowest BCUT2D eigenvalue weighted by Gasteiger charge is -2.47. The number of halogens is 2. The van der Waals surface area contributed by atoms with Gasteiger partial charge in [0, 0.05) is 16.7 Å². The Hall–Kier alpha value is -2.06. The Morgan fingerprint density at radius 2 is 2.00 bits per heavy atom. The Bertz CT molecular complexity index is 733. The Morgan fingerprint density at radius 1 is 1.36 bits per heavy atom. The molecule has 22 heavy (non-hydrogen) atoms. The van der Waals surface area contributed by atoms with E-state index in [1.54, 1.807) is 4.90 Å². The van der Waals surface area contributed by atoms with E-state index in [1.807, 2.05) is 0 Å². The SMILES string of the molecule is O=[N+]([O-])c1cc(Br)cnc1N1CC(O)(c2ccc(F)cc2)C1. The zero-order valence-electron chi connectivity index (χ0n) is 11.2. The van der Waals surface area contributed by atoms with Gasteiger partial charge in [0.15, 0.2) is 0 Å². The molecule has 0 aliphatic carbocycles. The van der Waals surface area contributed by atoms with Crippen molar-refractivity contribution in [2.45, 2.75) is 5.60 Å². The van der Waals surface area contributed by atoms with Crippen LogP contribution in [0.15, 0.2) is 41.0 Å². The first-order chi connectivity index (χ1) is 10.4. The van der Waals surface area contributed by atoms with Crippen LogP contribution in [-0.2, 0) is 5.60 Å². The largest absolute Gasteiger partial charge is 0.381 e. The lowest BCUT2D eigenvalue weighted by molar-refractivity contribution is -0.384. The molecule has 3 rings (SSSR count). The highest BCUT2D eigenvalue weighted by molar-refractivity contribution is 9.10. The van der Waals surface area contributed by atoms with Crippen molar-refractivity contribution in [2.75, 3.05) is 18.0 Å². The zero-order valence-corrected chi connectivity index (χ0v) is 12.8. The van der Waals surface area contributed by atoms with Crippen LogP contribution in [0.25, 0.3) is 0 Å². The number of benzene rings is 1. The number of hydrogen-bond donors (Lipinski definition) is 1. The van der Waals surface area contributed by atoms with Crippen LogP contribution in [0.5, 0.6) is 0 Å². The number of aliphatic hydroxyl groups is 1. The fourth-order valence-electron chi connectivity index (χ4n) is 2.48. The van der Waals surface area contributed by atoms with E-state index in [0.29, 0.717) is 10.0 Å². The summed E-state index contributed by atoms with van der Waals surface area (Å²) in [5.74, 6) is -0.172. The zero-order chi connectivity index (χ0) is 15.9. The monoisotopic (exact) mass is 367 g/mol. The van der Waals surface area contributed by atoms with E-state index >= 15 is 0 Å². The van der Waals surface area contributed by atoms with E-state index in [1.165, 1.54) is 36.5 Å². The van der Waals surface area contributed by atoms with Crippen LogP contribution in [0.2, 0.25) is 0 Å². The molecule has 1 N–H and O–H groups in total. The van der Waals surface area contributed by atoms with Crippen molar-refractivity contribution in [2.24, 2.45) is 0 Å². The molecule has 2 aromatic rings. The number of nitrogens with zero attached hydrogens (tertiary/aromatic N) is 3. The first-order valence-electron chi connectivity index (χ1n) is 6.42. The smallest absolute Gasteiger partial charge is 0.312 e. The third kappa shape index (κ3) is 2.55. The summed E-state index contributed by atoms with van der Waals surface area (Å²) in [6, 6.07) is 6.94. The van der Waals surface area contributed by atoms with Crippen LogP contribution in [0.1, 0.15) is 5.56 Å². The number of pyridine rings is 1. The molecule has 0 atom stereocenters. The molecule has 1 aromatic carbocycles. The van der Waals surface area contributed by atoms with Gasteiger partial charge in [-0.2, -0.15) is 0 Å². The molecular formula is C14H11BrFN3O3. The van der Waals surface area contributed by atoms with E-state index in [9.17, 15) is 19.6 Å². The summed E-state index contributed by atoms with van der Waals surface area (Å²) < 4.78 is 13.4. The van der Waals surface area contributed by atoms with Gasteiger partial charge in [0.25, 0.3) is 0 Å². The van der Waals surface area contributed by atoms with Crippen LogP contribution < -0.4 is 4.90 Å². The number of rotatable bonds is 3. The molecule has 0 amide bonds. The molecule has 0 unspecified atom stereocenters. The van der Waals surface area contributed by atoms with Crippen LogP contribution in [0.4, 0.5) is 15.9 Å². The third-order valence-electron chi connectivity index (χ3n) is 3.60. The van der Waals surface area contributed by atoms with Crippen molar-refractivity contribution < 1.29 is 14.4 Å². The molecule has 1 aliphatic rings. The molecule has 1 aliphatic heterocycles. The van der Waals surface area contributed by atoms with Crippen molar-refractivity contribution in [1.82, 2.24) is 4.98 Å². The number of anilines is 1. The Balaban J connectivity index is 1.84. The average Bonchev–Trinajstić information content (AvgIpc) is 2.45. The van der Waals surface area contributed by atoms with Crippen molar-refractivity contribution in [3.8, 4) is 0 Å². The highest BCUT2D eigenvalue weighted by Gasteiger charge is 2.45. The molecule has 0 saturated carbocycles. The minimum Gasteiger partial charge on any atom is -0.381 e. The van der Waals surface area contributed by atoms with Crippen molar-refractivity contribution in [1.29, 1.82) is 0 Å². The summed E-state index contributed by atoms with van der Waals surface area (Å²) in [7, 11) is 0. The van der Waals surface area contributed by atoms with Gasteiger partial charge in [-0.15, -0.1) is 0 Å². The molecule has 2 heterocycles. The number of β-amino-alcohol motifs (C(OH)–C–C–N with tert-alkyl or cyclic N) is 1. The molecule has 114 valence electrons. The fourth-order valence-corrected chi connectivity index (χ4v) is 2.80. The Labute approximate surface area is 133 Å². The van der Waals surface area contributed by atoms with E-state index in [-0.39, 0.29) is 30.4 Å². The average molecular weight is 368 g/mol. The van der Waals surface area contributed by atoms with Gasteiger partial charge in [-0.05, 0) is 33.6 Å². The van der Waals surface area contributed by atoms with E-state index in [2.05, 4.69) is 20.9 Å². The molecular weight excluding hydrogens is 357 g/mol. The summed E-state index contributed by atoms with van der Waals surface area (Å²) >= 11 is 3.15. The van der Waals surface area contributed by atoms with Gasteiger partial charge >= 0.3 is 5.69 Å². The lowest BCUT2D eigenvalue weighted by atomic mass is 9.86. The van der Waals surface area contributed by atoms with Crippen molar-refractivity contribution in [3.05, 3.63) is 62.5 Å². The molecule has 8 heteroatoms. The standard InChI is InChI=1S/C14H11BrFN3O3/c15-10-5-12(19(21)22)13(17-6-10)18-7-14(20,8-18)9-1-3-11(16)4-2-9/h1-6,20H,7-8H2. The van der Waals surface area contributed by atoms with Crippen LogP contribution in [0.3, 0.4) is 0 Å². The van der Waals surface area contributed by atoms with Gasteiger partial charge < -0.3 is 10.0 Å². The maximum Gasteiger partial charge on any atom is 0.312 e. The predicted molar refractivity (Wildman–Crippen MR) is 81.1 cm³/mol. The number of nitro groups is 1. The summed E-state index contributed by atoms with van der Waals surface area (Å²) in [5.41, 5.74) is -0.712. The van der Waals surface area contributed by atoms with Gasteiger partial charge in [0.1, 0.15) is 11.4 Å². The molecule has 1 fully saturated rings. The highest BCUT2D eigenvalue weighted by atomic mass is 79.9. The molecule has 0 spiro atoms. The normalized spacial score (nSPS) is 16.2.